The molecule has 0 fully saturated rings. The van der Waals surface area contributed by atoms with E-state index in [0.717, 1.165) is 34.7 Å². The number of carbonyl (C=O) groups is 1. The Morgan fingerprint density at radius 1 is 1.04 bits per heavy atom. The van der Waals surface area contributed by atoms with Crippen molar-refractivity contribution in [2.75, 3.05) is 18.6 Å². The van der Waals surface area contributed by atoms with Gasteiger partial charge in [0, 0.05) is 25.0 Å². The van der Waals surface area contributed by atoms with Crippen LogP contribution < -0.4 is 9.64 Å². The average molecular weight is 332 g/mol. The molecule has 0 N–H and O–H groups in total. The van der Waals surface area contributed by atoms with Crippen molar-refractivity contribution in [1.29, 1.82) is 0 Å². The Morgan fingerprint density at radius 3 is 2.60 bits per heavy atom. The number of rotatable bonds is 3. The fraction of sp³-hybridized carbons (Fsp3) is 0.190. The highest BCUT2D eigenvalue weighted by Gasteiger charge is 2.27. The summed E-state index contributed by atoms with van der Waals surface area (Å²) in [4.78, 5) is 15.0. The summed E-state index contributed by atoms with van der Waals surface area (Å²) in [5.74, 6) is 0.867. The molecular weight excluding hydrogens is 312 g/mol. The zero-order valence-electron chi connectivity index (χ0n) is 14.4. The van der Waals surface area contributed by atoms with Gasteiger partial charge in [0.25, 0.3) is 5.91 Å². The Labute approximate surface area is 147 Å². The summed E-state index contributed by atoms with van der Waals surface area (Å²) in [6, 6.07) is 19.9. The first kappa shape index (κ1) is 15.5. The Bertz CT molecular complexity index is 928. The molecule has 1 aromatic heterocycles. The highest BCUT2D eigenvalue weighted by molar-refractivity contribution is 6.06. The molecule has 0 aliphatic carbocycles. The highest BCUT2D eigenvalue weighted by atomic mass is 16.5. The van der Waals surface area contributed by atoms with E-state index >= 15 is 0 Å². The molecule has 2 aromatic carbocycles. The van der Waals surface area contributed by atoms with Gasteiger partial charge in [-0.05, 0) is 47.9 Å². The van der Waals surface area contributed by atoms with E-state index in [9.17, 15) is 4.79 Å². The molecule has 0 spiro atoms. The first-order valence-electron chi connectivity index (χ1n) is 8.39. The smallest absolute Gasteiger partial charge is 0.274 e. The number of anilines is 1. The Morgan fingerprint density at radius 2 is 1.84 bits per heavy atom. The summed E-state index contributed by atoms with van der Waals surface area (Å²) >= 11 is 0. The molecule has 3 aromatic rings. The van der Waals surface area contributed by atoms with Gasteiger partial charge in [-0.1, -0.05) is 30.3 Å². The van der Waals surface area contributed by atoms with Crippen molar-refractivity contribution >= 4 is 11.6 Å². The van der Waals surface area contributed by atoms with Crippen LogP contribution in [0.5, 0.6) is 5.75 Å². The van der Waals surface area contributed by atoms with Gasteiger partial charge in [0.2, 0.25) is 0 Å². The fourth-order valence-corrected chi connectivity index (χ4v) is 3.48. The second kappa shape index (κ2) is 6.13. The van der Waals surface area contributed by atoms with Crippen LogP contribution in [0.4, 0.5) is 5.69 Å². The van der Waals surface area contributed by atoms with Crippen molar-refractivity contribution < 1.29 is 9.53 Å². The van der Waals surface area contributed by atoms with Gasteiger partial charge < -0.3 is 14.2 Å². The second-order valence-corrected chi connectivity index (χ2v) is 6.23. The topological polar surface area (TPSA) is 34.5 Å². The summed E-state index contributed by atoms with van der Waals surface area (Å²) in [6.07, 6.45) is 0.855. The minimum absolute atomic E-state index is 0.0357. The van der Waals surface area contributed by atoms with Crippen LogP contribution in [0.3, 0.4) is 0 Å². The summed E-state index contributed by atoms with van der Waals surface area (Å²) in [6.45, 7) is 0.702. The monoisotopic (exact) mass is 332 g/mol. The number of carbonyl (C=O) groups excluding carboxylic acids is 1. The Kier molecular flexibility index (Phi) is 3.80. The molecule has 4 heteroatoms. The van der Waals surface area contributed by atoms with Gasteiger partial charge in [-0.2, -0.15) is 0 Å². The molecular formula is C21H20N2O2. The molecule has 0 saturated carbocycles. The minimum Gasteiger partial charge on any atom is -0.497 e. The Hall–Kier alpha value is -3.01. The zero-order chi connectivity index (χ0) is 17.4. The maximum Gasteiger partial charge on any atom is 0.274 e. The second-order valence-electron chi connectivity index (χ2n) is 6.23. The lowest BCUT2D eigenvalue weighted by atomic mass is 10.1. The lowest BCUT2D eigenvalue weighted by Gasteiger charge is -2.18. The molecule has 0 bridgehead atoms. The number of aromatic nitrogens is 1. The highest BCUT2D eigenvalue weighted by Crippen LogP contribution is 2.33. The number of benzene rings is 2. The van der Waals surface area contributed by atoms with E-state index < -0.39 is 0 Å². The molecule has 126 valence electrons. The third kappa shape index (κ3) is 2.60. The first-order chi connectivity index (χ1) is 12.2. The van der Waals surface area contributed by atoms with Crippen LogP contribution in [-0.4, -0.2) is 24.1 Å². The predicted octanol–water partition coefficient (Wildman–Crippen LogP) is 3.90. The van der Waals surface area contributed by atoms with Gasteiger partial charge in [0.15, 0.2) is 0 Å². The van der Waals surface area contributed by atoms with Crippen molar-refractivity contribution in [1.82, 2.24) is 4.57 Å². The molecule has 1 aliphatic rings. The van der Waals surface area contributed by atoms with E-state index in [1.165, 1.54) is 0 Å². The molecule has 0 unspecified atom stereocenters. The molecule has 0 atom stereocenters. The predicted molar refractivity (Wildman–Crippen MR) is 99.2 cm³/mol. The van der Waals surface area contributed by atoms with Gasteiger partial charge >= 0.3 is 0 Å². The van der Waals surface area contributed by atoms with Crippen LogP contribution >= 0.6 is 0 Å². The van der Waals surface area contributed by atoms with Crippen LogP contribution in [0.15, 0.2) is 60.7 Å². The van der Waals surface area contributed by atoms with Crippen molar-refractivity contribution in [2.45, 2.75) is 6.42 Å². The number of fused-ring (bicyclic) bond motifs is 1. The van der Waals surface area contributed by atoms with Crippen LogP contribution in [0.25, 0.3) is 11.3 Å². The fourth-order valence-electron chi connectivity index (χ4n) is 3.48. The van der Waals surface area contributed by atoms with E-state index in [-0.39, 0.29) is 5.91 Å². The quantitative estimate of drug-likeness (QED) is 0.729. The van der Waals surface area contributed by atoms with Crippen molar-refractivity contribution in [3.05, 3.63) is 71.9 Å². The summed E-state index contributed by atoms with van der Waals surface area (Å²) in [7, 11) is 3.61. The average Bonchev–Trinajstić information content (AvgIpc) is 3.25. The third-order valence-corrected chi connectivity index (χ3v) is 4.84. The maximum absolute atomic E-state index is 13.1. The van der Waals surface area contributed by atoms with Gasteiger partial charge in [0.05, 0.1) is 7.11 Å². The van der Waals surface area contributed by atoms with E-state index in [2.05, 4.69) is 12.1 Å². The molecule has 0 radical (unpaired) electrons. The van der Waals surface area contributed by atoms with Crippen molar-refractivity contribution in [3.63, 3.8) is 0 Å². The van der Waals surface area contributed by atoms with Crippen molar-refractivity contribution in [2.24, 2.45) is 7.05 Å². The lowest BCUT2D eigenvalue weighted by Crippen LogP contribution is -2.30. The van der Waals surface area contributed by atoms with Gasteiger partial charge in [-0.15, -0.1) is 0 Å². The normalized spacial score (nSPS) is 13.0. The number of amides is 1. The number of hydrogen-bond acceptors (Lipinski definition) is 2. The van der Waals surface area contributed by atoms with Crippen molar-refractivity contribution in [3.8, 4) is 17.0 Å². The molecule has 25 heavy (non-hydrogen) atoms. The van der Waals surface area contributed by atoms with E-state index in [1.54, 1.807) is 7.11 Å². The summed E-state index contributed by atoms with van der Waals surface area (Å²) in [5, 5.41) is 0. The molecule has 4 nitrogen and oxygen atoms in total. The van der Waals surface area contributed by atoms with Crippen LogP contribution in [0, 0.1) is 0 Å². The van der Waals surface area contributed by atoms with Crippen LogP contribution in [-0.2, 0) is 13.5 Å². The number of ether oxygens (including phenoxy) is 1. The van der Waals surface area contributed by atoms with E-state index in [1.807, 2.05) is 65.0 Å². The summed E-state index contributed by atoms with van der Waals surface area (Å²) < 4.78 is 7.26. The van der Waals surface area contributed by atoms with Gasteiger partial charge in [-0.3, -0.25) is 4.79 Å². The molecule has 0 saturated heterocycles. The summed E-state index contributed by atoms with van der Waals surface area (Å²) in [5.41, 5.74) is 4.98. The first-order valence-corrected chi connectivity index (χ1v) is 8.39. The molecule has 4 rings (SSSR count). The maximum atomic E-state index is 13.1. The lowest BCUT2D eigenvalue weighted by molar-refractivity contribution is 0.0982. The van der Waals surface area contributed by atoms with Crippen LogP contribution in [0.2, 0.25) is 0 Å². The Balaban J connectivity index is 1.67. The minimum atomic E-state index is 0.0357. The van der Waals surface area contributed by atoms with E-state index in [0.29, 0.717) is 12.2 Å². The molecule has 1 aliphatic heterocycles. The SMILES string of the molecule is COc1ccc2c(c1)CCN2C(=O)c1ccc(-c2ccccc2)n1C. The van der Waals surface area contributed by atoms with E-state index in [4.69, 9.17) is 4.74 Å². The number of hydrogen-bond donors (Lipinski definition) is 0. The zero-order valence-corrected chi connectivity index (χ0v) is 14.4. The standard InChI is InChI=1S/C21H20N2O2/c1-22-18(15-6-4-3-5-7-15)10-11-20(22)21(24)23-13-12-16-14-17(25-2)8-9-19(16)23/h3-11,14H,12-13H2,1-2H3. The third-order valence-electron chi connectivity index (χ3n) is 4.84. The van der Waals surface area contributed by atoms with Gasteiger partial charge in [-0.25, -0.2) is 0 Å². The largest absolute Gasteiger partial charge is 0.497 e. The van der Waals surface area contributed by atoms with Gasteiger partial charge in [0.1, 0.15) is 11.4 Å². The van der Waals surface area contributed by atoms with Crippen LogP contribution in [0.1, 0.15) is 16.1 Å². The number of nitrogens with zero attached hydrogens (tertiary/aromatic N) is 2. The molecule has 1 amide bonds. The number of methoxy groups -OCH3 is 1. The molecule has 2 heterocycles.